The lowest BCUT2D eigenvalue weighted by Crippen LogP contribution is -2.48. The lowest BCUT2D eigenvalue weighted by atomic mass is 10.0. The summed E-state index contributed by atoms with van der Waals surface area (Å²) < 4.78 is 0. The van der Waals surface area contributed by atoms with E-state index in [9.17, 15) is 9.59 Å². The van der Waals surface area contributed by atoms with Crippen LogP contribution in [-0.2, 0) is 14.4 Å². The van der Waals surface area contributed by atoms with Gasteiger partial charge in [0.1, 0.15) is 6.04 Å². The molecule has 0 unspecified atom stereocenters. The van der Waals surface area contributed by atoms with Gasteiger partial charge in [-0.2, -0.15) is 0 Å². The van der Waals surface area contributed by atoms with Crippen molar-refractivity contribution < 1.29 is 14.4 Å². The van der Waals surface area contributed by atoms with Crippen LogP contribution in [0, 0.1) is 0 Å². The van der Waals surface area contributed by atoms with Crippen LogP contribution in [0.2, 0.25) is 0 Å². The van der Waals surface area contributed by atoms with Gasteiger partial charge in [0.05, 0.1) is 5.71 Å². The number of nitrogens with one attached hydrogen (secondary N) is 2. The van der Waals surface area contributed by atoms with Crippen molar-refractivity contribution in [2.24, 2.45) is 5.16 Å². The zero-order valence-corrected chi connectivity index (χ0v) is 12.1. The molecule has 0 bridgehead atoms. The summed E-state index contributed by atoms with van der Waals surface area (Å²) in [4.78, 5) is 28.8. The molecule has 1 heterocycles. The SMILES string of the molecule is CCNC(=O)[C@H](C)NC(=O)[C@@H]1CC(c2ccccc2)=NO1. The molecule has 0 spiro atoms. The fourth-order valence-corrected chi connectivity index (χ4v) is 2.02. The van der Waals surface area contributed by atoms with Crippen LogP contribution in [0.3, 0.4) is 0 Å². The Morgan fingerprint density at radius 1 is 1.38 bits per heavy atom. The van der Waals surface area contributed by atoms with E-state index >= 15 is 0 Å². The van der Waals surface area contributed by atoms with Crippen molar-refractivity contribution >= 4 is 17.5 Å². The standard InChI is InChI=1S/C15H19N3O3/c1-3-16-14(19)10(2)17-15(20)13-9-12(18-21-13)11-7-5-4-6-8-11/h4-8,10,13H,3,9H2,1-2H3,(H,16,19)(H,17,20)/t10-,13-/m0/s1. The van der Waals surface area contributed by atoms with E-state index in [0.29, 0.717) is 13.0 Å². The van der Waals surface area contributed by atoms with Crippen LogP contribution in [0.5, 0.6) is 0 Å². The molecule has 2 atom stereocenters. The predicted molar refractivity (Wildman–Crippen MR) is 78.8 cm³/mol. The fourth-order valence-electron chi connectivity index (χ4n) is 2.02. The van der Waals surface area contributed by atoms with E-state index < -0.39 is 12.1 Å². The van der Waals surface area contributed by atoms with Crippen molar-refractivity contribution in [2.45, 2.75) is 32.4 Å². The predicted octanol–water partition coefficient (Wildman–Crippen LogP) is 0.820. The smallest absolute Gasteiger partial charge is 0.264 e. The van der Waals surface area contributed by atoms with Crippen LogP contribution in [-0.4, -0.2) is 36.2 Å². The Balaban J connectivity index is 1.88. The zero-order chi connectivity index (χ0) is 15.2. The first-order valence-electron chi connectivity index (χ1n) is 6.98. The molecule has 112 valence electrons. The van der Waals surface area contributed by atoms with Crippen LogP contribution in [0.4, 0.5) is 0 Å². The second-order valence-corrected chi connectivity index (χ2v) is 4.83. The average molecular weight is 289 g/mol. The Labute approximate surface area is 123 Å². The number of amides is 2. The van der Waals surface area contributed by atoms with Gasteiger partial charge in [0, 0.05) is 13.0 Å². The molecule has 0 saturated heterocycles. The highest BCUT2D eigenvalue weighted by atomic mass is 16.6. The van der Waals surface area contributed by atoms with Crippen molar-refractivity contribution in [3.05, 3.63) is 35.9 Å². The molecule has 21 heavy (non-hydrogen) atoms. The molecular weight excluding hydrogens is 270 g/mol. The molecule has 1 aliphatic heterocycles. The summed E-state index contributed by atoms with van der Waals surface area (Å²) in [5.41, 5.74) is 1.67. The van der Waals surface area contributed by atoms with E-state index in [1.807, 2.05) is 37.3 Å². The molecule has 0 aromatic heterocycles. The van der Waals surface area contributed by atoms with Gasteiger partial charge in [-0.05, 0) is 19.4 Å². The minimum atomic E-state index is -0.683. The van der Waals surface area contributed by atoms with E-state index in [1.54, 1.807) is 6.92 Å². The number of oxime groups is 1. The monoisotopic (exact) mass is 289 g/mol. The molecule has 0 fully saturated rings. The van der Waals surface area contributed by atoms with Gasteiger partial charge in [0.15, 0.2) is 0 Å². The fraction of sp³-hybridized carbons (Fsp3) is 0.400. The summed E-state index contributed by atoms with van der Waals surface area (Å²) in [6.07, 6.45) is -0.282. The lowest BCUT2D eigenvalue weighted by molar-refractivity contribution is -0.135. The van der Waals surface area contributed by atoms with Gasteiger partial charge in [-0.3, -0.25) is 9.59 Å². The van der Waals surface area contributed by atoms with Gasteiger partial charge in [-0.15, -0.1) is 0 Å². The molecule has 2 amide bonds. The average Bonchev–Trinajstić information content (AvgIpc) is 2.98. The molecule has 6 nitrogen and oxygen atoms in total. The van der Waals surface area contributed by atoms with Crippen LogP contribution in [0.25, 0.3) is 0 Å². The van der Waals surface area contributed by atoms with Gasteiger partial charge in [0.25, 0.3) is 5.91 Å². The van der Waals surface area contributed by atoms with Crippen molar-refractivity contribution in [2.75, 3.05) is 6.54 Å². The zero-order valence-electron chi connectivity index (χ0n) is 12.1. The summed E-state index contributed by atoms with van der Waals surface area (Å²) in [6, 6.07) is 8.96. The molecule has 2 rings (SSSR count). The highest BCUT2D eigenvalue weighted by Gasteiger charge is 2.30. The number of carbonyl (C=O) groups excluding carboxylic acids is 2. The highest BCUT2D eigenvalue weighted by Crippen LogP contribution is 2.16. The molecule has 1 aromatic rings. The minimum Gasteiger partial charge on any atom is -0.382 e. The van der Waals surface area contributed by atoms with Crippen molar-refractivity contribution in [3.63, 3.8) is 0 Å². The molecule has 0 saturated carbocycles. The normalized spacial score (nSPS) is 18.4. The summed E-state index contributed by atoms with van der Waals surface area (Å²) in [6.45, 7) is 3.99. The summed E-state index contributed by atoms with van der Waals surface area (Å²) in [5.74, 6) is -0.545. The van der Waals surface area contributed by atoms with E-state index in [-0.39, 0.29) is 11.8 Å². The van der Waals surface area contributed by atoms with Gasteiger partial charge in [-0.25, -0.2) is 0 Å². The number of hydrogen-bond donors (Lipinski definition) is 2. The number of likely N-dealkylation sites (N-methyl/N-ethyl adjacent to an activating group) is 1. The Morgan fingerprint density at radius 2 is 2.10 bits per heavy atom. The third kappa shape index (κ3) is 3.81. The summed E-state index contributed by atoms with van der Waals surface area (Å²) in [7, 11) is 0. The van der Waals surface area contributed by atoms with E-state index in [0.717, 1.165) is 11.3 Å². The van der Waals surface area contributed by atoms with Crippen LogP contribution in [0.15, 0.2) is 35.5 Å². The molecule has 0 aliphatic carbocycles. The molecule has 1 aromatic carbocycles. The van der Waals surface area contributed by atoms with Gasteiger partial charge >= 0.3 is 0 Å². The maximum atomic E-state index is 12.1. The second-order valence-electron chi connectivity index (χ2n) is 4.83. The number of benzene rings is 1. The lowest BCUT2D eigenvalue weighted by Gasteiger charge is -2.15. The molecule has 1 aliphatic rings. The first-order chi connectivity index (χ1) is 10.1. The number of rotatable bonds is 5. The number of carbonyl (C=O) groups is 2. The van der Waals surface area contributed by atoms with Crippen molar-refractivity contribution in [3.8, 4) is 0 Å². The number of nitrogens with zero attached hydrogens (tertiary/aromatic N) is 1. The Morgan fingerprint density at radius 3 is 2.76 bits per heavy atom. The van der Waals surface area contributed by atoms with Gasteiger partial charge in [0.2, 0.25) is 12.0 Å². The first-order valence-corrected chi connectivity index (χ1v) is 6.98. The van der Waals surface area contributed by atoms with E-state index in [4.69, 9.17) is 4.84 Å². The van der Waals surface area contributed by atoms with Gasteiger partial charge < -0.3 is 15.5 Å². The molecule has 6 heteroatoms. The topological polar surface area (TPSA) is 79.8 Å². The second kappa shape index (κ2) is 6.88. The summed E-state index contributed by atoms with van der Waals surface area (Å²) >= 11 is 0. The molecule has 2 N–H and O–H groups in total. The third-order valence-electron chi connectivity index (χ3n) is 3.17. The van der Waals surface area contributed by atoms with Gasteiger partial charge in [-0.1, -0.05) is 35.5 Å². The Hall–Kier alpha value is -2.37. The Kier molecular flexibility index (Phi) is 4.92. The first kappa shape index (κ1) is 15.0. The molecular formula is C15H19N3O3. The van der Waals surface area contributed by atoms with E-state index in [1.165, 1.54) is 0 Å². The minimum absolute atomic E-state index is 0.215. The maximum Gasteiger partial charge on any atom is 0.264 e. The van der Waals surface area contributed by atoms with E-state index in [2.05, 4.69) is 15.8 Å². The molecule has 0 radical (unpaired) electrons. The highest BCUT2D eigenvalue weighted by molar-refractivity contribution is 6.04. The Bertz CT molecular complexity index is 542. The number of hydrogen-bond acceptors (Lipinski definition) is 4. The van der Waals surface area contributed by atoms with Crippen LogP contribution < -0.4 is 10.6 Å². The van der Waals surface area contributed by atoms with Crippen LogP contribution >= 0.6 is 0 Å². The maximum absolute atomic E-state index is 12.1. The summed E-state index contributed by atoms with van der Waals surface area (Å²) in [5, 5.41) is 9.23. The third-order valence-corrected chi connectivity index (χ3v) is 3.17. The largest absolute Gasteiger partial charge is 0.382 e. The van der Waals surface area contributed by atoms with Crippen LogP contribution in [0.1, 0.15) is 25.8 Å². The quantitative estimate of drug-likeness (QED) is 0.842. The van der Waals surface area contributed by atoms with Crippen molar-refractivity contribution in [1.82, 2.24) is 10.6 Å². The van der Waals surface area contributed by atoms with Crippen molar-refractivity contribution in [1.29, 1.82) is 0 Å².